The maximum Gasteiger partial charge on any atom is 0.0442 e. The first-order valence-corrected chi connectivity index (χ1v) is 7.50. The van der Waals surface area contributed by atoms with Gasteiger partial charge < -0.3 is 5.11 Å². The van der Waals surface area contributed by atoms with Gasteiger partial charge in [-0.2, -0.15) is 0 Å². The van der Waals surface area contributed by atoms with Crippen molar-refractivity contribution in [3.8, 4) is 0 Å². The van der Waals surface area contributed by atoms with Crippen LogP contribution in [0, 0.1) is 12.3 Å². The van der Waals surface area contributed by atoms with Crippen molar-refractivity contribution in [3.63, 3.8) is 0 Å². The van der Waals surface area contributed by atoms with Gasteiger partial charge in [-0.25, -0.2) is 0 Å². The summed E-state index contributed by atoms with van der Waals surface area (Å²) in [6.45, 7) is 8.94. The van der Waals surface area contributed by atoms with Gasteiger partial charge in [0.25, 0.3) is 0 Å². The zero-order chi connectivity index (χ0) is 15.5. The van der Waals surface area contributed by atoms with Gasteiger partial charge in [0.15, 0.2) is 0 Å². The monoisotopic (exact) mass is 283 g/mol. The van der Waals surface area contributed by atoms with Gasteiger partial charge in [0.05, 0.1) is 0 Å². The lowest BCUT2D eigenvalue weighted by molar-refractivity contribution is 0.164. The van der Waals surface area contributed by atoms with E-state index in [-0.39, 0.29) is 17.4 Å². The number of aliphatic hydroxyl groups is 1. The van der Waals surface area contributed by atoms with E-state index in [0.29, 0.717) is 6.42 Å². The second kappa shape index (κ2) is 5.98. The van der Waals surface area contributed by atoms with E-state index in [0.717, 1.165) is 5.56 Å². The van der Waals surface area contributed by atoms with Crippen LogP contribution in [0.2, 0.25) is 0 Å². The molecule has 0 aliphatic carbocycles. The average molecular weight is 283 g/mol. The van der Waals surface area contributed by atoms with Crippen molar-refractivity contribution in [1.82, 2.24) is 4.98 Å². The number of hydrogen-bond acceptors (Lipinski definition) is 2. The summed E-state index contributed by atoms with van der Waals surface area (Å²) in [6.07, 6.45) is 4.41. The third-order valence-electron chi connectivity index (χ3n) is 4.47. The lowest BCUT2D eigenvalue weighted by Crippen LogP contribution is -2.42. The minimum Gasteiger partial charge on any atom is -0.396 e. The Morgan fingerprint density at radius 1 is 1.00 bits per heavy atom. The molecule has 0 radical (unpaired) electrons. The minimum atomic E-state index is -0.246. The largest absolute Gasteiger partial charge is 0.396 e. The summed E-state index contributed by atoms with van der Waals surface area (Å²) in [5.74, 6) is 0. The quantitative estimate of drug-likeness (QED) is 0.916. The van der Waals surface area contributed by atoms with E-state index < -0.39 is 0 Å². The third kappa shape index (κ3) is 2.86. The highest BCUT2D eigenvalue weighted by Crippen LogP contribution is 2.49. The van der Waals surface area contributed by atoms with Crippen LogP contribution in [0.4, 0.5) is 0 Å². The molecular formula is C19H25NO. The smallest absolute Gasteiger partial charge is 0.0442 e. The van der Waals surface area contributed by atoms with Gasteiger partial charge in [0.1, 0.15) is 0 Å². The number of pyridine rings is 1. The predicted molar refractivity (Wildman–Crippen MR) is 87.4 cm³/mol. The molecule has 1 unspecified atom stereocenters. The maximum absolute atomic E-state index is 9.72. The van der Waals surface area contributed by atoms with Crippen LogP contribution in [0.15, 0.2) is 48.8 Å². The molecule has 112 valence electrons. The summed E-state index contributed by atoms with van der Waals surface area (Å²) >= 11 is 0. The van der Waals surface area contributed by atoms with Crippen molar-refractivity contribution >= 4 is 0 Å². The molecule has 1 aromatic heterocycles. The van der Waals surface area contributed by atoms with E-state index >= 15 is 0 Å². The van der Waals surface area contributed by atoms with Crippen LogP contribution >= 0.6 is 0 Å². The summed E-state index contributed by atoms with van der Waals surface area (Å²) in [5.41, 5.74) is 3.37. The highest BCUT2D eigenvalue weighted by molar-refractivity contribution is 5.41. The van der Waals surface area contributed by atoms with Gasteiger partial charge in [0.2, 0.25) is 0 Å². The summed E-state index contributed by atoms with van der Waals surface area (Å²) < 4.78 is 0. The van der Waals surface area contributed by atoms with E-state index in [9.17, 15) is 5.11 Å². The lowest BCUT2D eigenvalue weighted by Gasteiger charge is -2.46. The predicted octanol–water partition coefficient (Wildman–Crippen LogP) is 4.10. The van der Waals surface area contributed by atoms with Gasteiger partial charge in [-0.3, -0.25) is 4.98 Å². The SMILES string of the molecule is Cc1ccc(C(CCO)(c2cccnc2)C(C)(C)C)cc1. The molecule has 1 atom stereocenters. The molecule has 1 heterocycles. The fourth-order valence-electron chi connectivity index (χ4n) is 3.32. The van der Waals surface area contributed by atoms with Crippen LogP contribution in [0.3, 0.4) is 0 Å². The molecule has 2 heteroatoms. The molecule has 0 amide bonds. The highest BCUT2D eigenvalue weighted by Gasteiger charge is 2.44. The Balaban J connectivity index is 2.70. The van der Waals surface area contributed by atoms with Crippen LogP contribution in [0.5, 0.6) is 0 Å². The number of benzene rings is 1. The molecule has 0 aliphatic heterocycles. The Hall–Kier alpha value is -1.67. The van der Waals surface area contributed by atoms with E-state index in [2.05, 4.69) is 63.0 Å². The summed E-state index contributed by atoms with van der Waals surface area (Å²) in [6, 6.07) is 12.7. The maximum atomic E-state index is 9.72. The van der Waals surface area contributed by atoms with E-state index in [4.69, 9.17) is 0 Å². The van der Waals surface area contributed by atoms with Gasteiger partial charge in [-0.1, -0.05) is 56.7 Å². The molecule has 0 spiro atoms. The second-order valence-electron chi connectivity index (χ2n) is 6.74. The van der Waals surface area contributed by atoms with Crippen molar-refractivity contribution in [2.24, 2.45) is 5.41 Å². The number of aromatic nitrogens is 1. The van der Waals surface area contributed by atoms with Crippen molar-refractivity contribution in [2.45, 2.75) is 39.5 Å². The van der Waals surface area contributed by atoms with Crippen LogP contribution in [0.25, 0.3) is 0 Å². The van der Waals surface area contributed by atoms with E-state index in [1.165, 1.54) is 11.1 Å². The average Bonchev–Trinajstić information content (AvgIpc) is 2.45. The second-order valence-corrected chi connectivity index (χ2v) is 6.74. The molecule has 2 rings (SSSR count). The fraction of sp³-hybridized carbons (Fsp3) is 0.421. The normalized spacial score (nSPS) is 14.7. The number of aliphatic hydroxyl groups excluding tert-OH is 1. The molecule has 0 saturated carbocycles. The number of hydrogen-bond donors (Lipinski definition) is 1. The standard InChI is InChI=1S/C19H25NO/c1-15-7-9-16(10-8-15)19(11-13-21,18(2,3)4)17-6-5-12-20-14-17/h5-10,12,14,21H,11,13H2,1-4H3. The number of rotatable bonds is 4. The summed E-state index contributed by atoms with van der Waals surface area (Å²) in [7, 11) is 0. The number of aryl methyl sites for hydroxylation is 1. The first-order valence-electron chi connectivity index (χ1n) is 7.50. The van der Waals surface area contributed by atoms with Gasteiger partial charge in [-0.15, -0.1) is 0 Å². The van der Waals surface area contributed by atoms with E-state index in [1.54, 1.807) is 6.20 Å². The minimum absolute atomic E-state index is 0.0337. The Labute approximate surface area is 127 Å². The Bertz CT molecular complexity index is 569. The molecular weight excluding hydrogens is 258 g/mol. The van der Waals surface area contributed by atoms with Crippen molar-refractivity contribution in [2.75, 3.05) is 6.61 Å². The molecule has 0 saturated heterocycles. The first kappa shape index (κ1) is 15.7. The first-order chi connectivity index (χ1) is 9.91. The van der Waals surface area contributed by atoms with Crippen molar-refractivity contribution in [3.05, 3.63) is 65.5 Å². The summed E-state index contributed by atoms with van der Waals surface area (Å²) in [4.78, 5) is 4.31. The fourth-order valence-corrected chi connectivity index (χ4v) is 3.32. The van der Waals surface area contributed by atoms with Gasteiger partial charge >= 0.3 is 0 Å². The third-order valence-corrected chi connectivity index (χ3v) is 4.47. The summed E-state index contributed by atoms with van der Waals surface area (Å²) in [5, 5.41) is 9.72. The molecule has 21 heavy (non-hydrogen) atoms. The molecule has 1 N–H and O–H groups in total. The van der Waals surface area contributed by atoms with Crippen LogP contribution in [0.1, 0.15) is 43.9 Å². The zero-order valence-electron chi connectivity index (χ0n) is 13.4. The van der Waals surface area contributed by atoms with Gasteiger partial charge in [-0.05, 0) is 36.0 Å². The highest BCUT2D eigenvalue weighted by atomic mass is 16.3. The van der Waals surface area contributed by atoms with Crippen molar-refractivity contribution < 1.29 is 5.11 Å². The zero-order valence-corrected chi connectivity index (χ0v) is 13.4. The Morgan fingerprint density at radius 3 is 2.14 bits per heavy atom. The van der Waals surface area contributed by atoms with Crippen LogP contribution < -0.4 is 0 Å². The van der Waals surface area contributed by atoms with Crippen LogP contribution in [-0.4, -0.2) is 16.7 Å². The molecule has 0 fully saturated rings. The van der Waals surface area contributed by atoms with Crippen molar-refractivity contribution in [1.29, 1.82) is 0 Å². The number of nitrogens with zero attached hydrogens (tertiary/aromatic N) is 1. The topological polar surface area (TPSA) is 33.1 Å². The molecule has 2 nitrogen and oxygen atoms in total. The van der Waals surface area contributed by atoms with E-state index in [1.807, 2.05) is 12.3 Å². The molecule has 0 aliphatic rings. The Morgan fingerprint density at radius 2 is 1.67 bits per heavy atom. The molecule has 0 bridgehead atoms. The lowest BCUT2D eigenvalue weighted by atomic mass is 9.58. The van der Waals surface area contributed by atoms with Crippen LogP contribution in [-0.2, 0) is 5.41 Å². The molecule has 1 aromatic carbocycles. The molecule has 2 aromatic rings. The van der Waals surface area contributed by atoms with Gasteiger partial charge in [0, 0.05) is 24.4 Å². The Kier molecular flexibility index (Phi) is 4.48.